The fourth-order valence-corrected chi connectivity index (χ4v) is 1.90. The van der Waals surface area contributed by atoms with E-state index in [1.54, 1.807) is 0 Å². The number of hydrogen-bond acceptors (Lipinski definition) is 4. The molecule has 0 spiro atoms. The van der Waals surface area contributed by atoms with Crippen molar-refractivity contribution in [1.29, 1.82) is 0 Å². The lowest BCUT2D eigenvalue weighted by molar-refractivity contribution is 0.347. The summed E-state index contributed by atoms with van der Waals surface area (Å²) in [4.78, 5) is 4.37. The Labute approximate surface area is 90.5 Å². The third-order valence-electron chi connectivity index (χ3n) is 3.09. The van der Waals surface area contributed by atoms with E-state index in [0.717, 1.165) is 37.6 Å². The maximum absolute atomic E-state index is 5.77. The third kappa shape index (κ3) is 2.38. The molecule has 1 aromatic rings. The first kappa shape index (κ1) is 10.6. The molecular weight excluding hydrogens is 190 g/mol. The summed E-state index contributed by atoms with van der Waals surface area (Å²) in [5, 5.41) is 6.49. The highest BCUT2D eigenvalue weighted by molar-refractivity contribution is 5.03. The molecule has 1 atom stereocenters. The van der Waals surface area contributed by atoms with Gasteiger partial charge in [0.1, 0.15) is 5.76 Å². The minimum atomic E-state index is 0.243. The average molecular weight is 209 g/mol. The van der Waals surface area contributed by atoms with E-state index >= 15 is 0 Å². The predicted molar refractivity (Wildman–Crippen MR) is 58.8 cm³/mol. The monoisotopic (exact) mass is 209 g/mol. The number of nitrogens with one attached hydrogen (secondary N) is 2. The first-order valence-corrected chi connectivity index (χ1v) is 5.65. The molecular formula is C11H19N3O. The van der Waals surface area contributed by atoms with Crippen LogP contribution >= 0.6 is 0 Å². The van der Waals surface area contributed by atoms with Crippen molar-refractivity contribution in [3.63, 3.8) is 0 Å². The van der Waals surface area contributed by atoms with Gasteiger partial charge in [-0.05, 0) is 39.9 Å². The minimum Gasteiger partial charge on any atom is -0.444 e. The van der Waals surface area contributed by atoms with Gasteiger partial charge in [-0.3, -0.25) is 0 Å². The highest BCUT2D eigenvalue weighted by Gasteiger charge is 2.20. The predicted octanol–water partition coefficient (Wildman–Crippen LogP) is 1.42. The van der Waals surface area contributed by atoms with Gasteiger partial charge in [-0.1, -0.05) is 0 Å². The second-order valence-corrected chi connectivity index (χ2v) is 4.14. The molecule has 2 heterocycles. The van der Waals surface area contributed by atoms with Crippen molar-refractivity contribution in [3.8, 4) is 0 Å². The van der Waals surface area contributed by atoms with E-state index in [4.69, 9.17) is 4.42 Å². The van der Waals surface area contributed by atoms with E-state index in [9.17, 15) is 0 Å². The molecule has 2 rings (SSSR count). The Morgan fingerprint density at radius 1 is 1.53 bits per heavy atom. The van der Waals surface area contributed by atoms with Crippen molar-refractivity contribution in [1.82, 2.24) is 15.6 Å². The first-order valence-electron chi connectivity index (χ1n) is 5.65. The molecule has 1 fully saturated rings. The van der Waals surface area contributed by atoms with E-state index in [1.807, 2.05) is 13.2 Å². The molecule has 1 aliphatic heterocycles. The van der Waals surface area contributed by atoms with Crippen LogP contribution in [-0.4, -0.2) is 25.1 Å². The van der Waals surface area contributed by atoms with Crippen LogP contribution < -0.4 is 10.6 Å². The summed E-state index contributed by atoms with van der Waals surface area (Å²) in [7, 11) is 1.93. The van der Waals surface area contributed by atoms with Gasteiger partial charge in [0.05, 0.1) is 12.2 Å². The maximum Gasteiger partial charge on any atom is 0.197 e. The lowest BCUT2D eigenvalue weighted by Crippen LogP contribution is -2.26. The number of piperidine rings is 1. The fourth-order valence-electron chi connectivity index (χ4n) is 1.90. The van der Waals surface area contributed by atoms with E-state index in [0.29, 0.717) is 5.92 Å². The summed E-state index contributed by atoms with van der Waals surface area (Å²) in [6.07, 6.45) is 4.11. The van der Waals surface area contributed by atoms with Crippen LogP contribution in [0, 0.1) is 0 Å². The molecule has 0 bridgehead atoms. The Balaban J connectivity index is 2.05. The first-order chi connectivity index (χ1) is 7.31. The zero-order chi connectivity index (χ0) is 10.7. The molecule has 84 valence electrons. The summed E-state index contributed by atoms with van der Waals surface area (Å²) >= 11 is 0. The van der Waals surface area contributed by atoms with Gasteiger partial charge in [-0.15, -0.1) is 0 Å². The van der Waals surface area contributed by atoms with Crippen molar-refractivity contribution in [3.05, 3.63) is 17.8 Å². The zero-order valence-electron chi connectivity index (χ0n) is 9.42. The maximum atomic E-state index is 5.77. The lowest BCUT2D eigenvalue weighted by Gasteiger charge is -2.19. The highest BCUT2D eigenvalue weighted by atomic mass is 16.4. The second kappa shape index (κ2) is 4.77. The van der Waals surface area contributed by atoms with Crippen LogP contribution in [0.5, 0.6) is 0 Å². The number of nitrogens with zero attached hydrogens (tertiary/aromatic N) is 1. The Hall–Kier alpha value is -0.870. The number of oxazole rings is 1. The lowest BCUT2D eigenvalue weighted by atomic mass is 9.98. The van der Waals surface area contributed by atoms with Gasteiger partial charge in [0, 0.05) is 5.92 Å². The molecule has 0 amide bonds. The van der Waals surface area contributed by atoms with Crippen molar-refractivity contribution in [2.75, 3.05) is 20.1 Å². The van der Waals surface area contributed by atoms with E-state index in [2.05, 4.69) is 22.5 Å². The molecule has 4 heteroatoms. The van der Waals surface area contributed by atoms with Gasteiger partial charge < -0.3 is 15.1 Å². The minimum absolute atomic E-state index is 0.243. The van der Waals surface area contributed by atoms with E-state index in [1.165, 1.54) is 0 Å². The summed E-state index contributed by atoms with van der Waals surface area (Å²) < 4.78 is 5.77. The summed E-state index contributed by atoms with van der Waals surface area (Å²) in [6.45, 7) is 4.22. The molecule has 15 heavy (non-hydrogen) atoms. The molecule has 1 aliphatic rings. The smallest absolute Gasteiger partial charge is 0.197 e. The Morgan fingerprint density at radius 2 is 2.27 bits per heavy atom. The molecule has 0 aromatic carbocycles. The molecule has 1 saturated heterocycles. The number of hydrogen-bond donors (Lipinski definition) is 2. The van der Waals surface area contributed by atoms with Crippen LogP contribution in [0.3, 0.4) is 0 Å². The Kier molecular flexibility index (Phi) is 3.38. The molecule has 0 saturated carbocycles. The average Bonchev–Trinajstić information content (AvgIpc) is 2.78. The van der Waals surface area contributed by atoms with Gasteiger partial charge in [-0.25, -0.2) is 4.98 Å². The Morgan fingerprint density at radius 3 is 2.93 bits per heavy atom. The summed E-state index contributed by atoms with van der Waals surface area (Å²) in [5.41, 5.74) is 0. The fraction of sp³-hybridized carbons (Fsp3) is 0.727. The van der Waals surface area contributed by atoms with Crippen molar-refractivity contribution < 1.29 is 4.42 Å². The topological polar surface area (TPSA) is 50.1 Å². The van der Waals surface area contributed by atoms with Gasteiger partial charge in [0.2, 0.25) is 0 Å². The number of aromatic nitrogens is 1. The summed E-state index contributed by atoms with van der Waals surface area (Å²) in [5.74, 6) is 2.35. The van der Waals surface area contributed by atoms with E-state index < -0.39 is 0 Å². The molecule has 1 unspecified atom stereocenters. The molecule has 0 aliphatic carbocycles. The Bertz CT molecular complexity index is 305. The van der Waals surface area contributed by atoms with Crippen molar-refractivity contribution in [2.24, 2.45) is 0 Å². The van der Waals surface area contributed by atoms with Crippen LogP contribution in [0.1, 0.15) is 43.4 Å². The van der Waals surface area contributed by atoms with Crippen molar-refractivity contribution in [2.45, 2.75) is 31.7 Å². The van der Waals surface area contributed by atoms with Crippen LogP contribution in [0.25, 0.3) is 0 Å². The standard InChI is InChI=1S/C11H19N3O/c1-8(12-2)10-7-14-11(15-10)9-3-5-13-6-4-9/h7-9,12-13H,3-6H2,1-2H3. The second-order valence-electron chi connectivity index (χ2n) is 4.14. The third-order valence-corrected chi connectivity index (χ3v) is 3.09. The summed E-state index contributed by atoms with van der Waals surface area (Å²) in [6, 6.07) is 0.243. The quantitative estimate of drug-likeness (QED) is 0.790. The van der Waals surface area contributed by atoms with Crippen LogP contribution in [0.15, 0.2) is 10.6 Å². The van der Waals surface area contributed by atoms with Gasteiger partial charge in [0.15, 0.2) is 5.89 Å². The molecule has 4 nitrogen and oxygen atoms in total. The zero-order valence-corrected chi connectivity index (χ0v) is 9.42. The van der Waals surface area contributed by atoms with Gasteiger partial charge >= 0.3 is 0 Å². The molecule has 1 aromatic heterocycles. The van der Waals surface area contributed by atoms with Crippen molar-refractivity contribution >= 4 is 0 Å². The molecule has 0 radical (unpaired) electrons. The van der Waals surface area contributed by atoms with Gasteiger partial charge in [-0.2, -0.15) is 0 Å². The normalized spacial score (nSPS) is 20.4. The largest absolute Gasteiger partial charge is 0.444 e. The SMILES string of the molecule is CNC(C)c1cnc(C2CCNCC2)o1. The van der Waals surface area contributed by atoms with Crippen LogP contribution in [0.4, 0.5) is 0 Å². The van der Waals surface area contributed by atoms with Crippen LogP contribution in [-0.2, 0) is 0 Å². The van der Waals surface area contributed by atoms with Crippen LogP contribution in [0.2, 0.25) is 0 Å². The molecule has 2 N–H and O–H groups in total. The van der Waals surface area contributed by atoms with E-state index in [-0.39, 0.29) is 6.04 Å². The highest BCUT2D eigenvalue weighted by Crippen LogP contribution is 2.26. The van der Waals surface area contributed by atoms with Gasteiger partial charge in [0.25, 0.3) is 0 Å². The number of rotatable bonds is 3.